The second-order valence-corrected chi connectivity index (χ2v) is 4.37. The fourth-order valence-corrected chi connectivity index (χ4v) is 2.21. The smallest absolute Gasteiger partial charge is 0.123 e. The molecule has 0 aliphatic rings. The van der Waals surface area contributed by atoms with Crippen molar-refractivity contribution in [3.8, 4) is 11.3 Å². The van der Waals surface area contributed by atoms with Gasteiger partial charge in [0.15, 0.2) is 0 Å². The molecule has 0 saturated carbocycles. The van der Waals surface area contributed by atoms with Crippen LogP contribution in [0.3, 0.4) is 0 Å². The molecule has 84 valence electrons. The van der Waals surface area contributed by atoms with E-state index in [2.05, 4.69) is 21.0 Å². The number of nitrogens with zero attached hydrogens (tertiary/aromatic N) is 2. The number of hydrogen-bond acceptors (Lipinski definition) is 1. The molecule has 2 rings (SSSR count). The first kappa shape index (κ1) is 11.3. The molecule has 1 heterocycles. The summed E-state index contributed by atoms with van der Waals surface area (Å²) in [5.41, 5.74) is 2.69. The third-order valence-corrected chi connectivity index (χ3v) is 3.40. The standard InChI is InChI=1S/C12H12BrFN2/c1-3-16-12(11(13)8(2)15-16)9-5-4-6-10(14)7-9/h4-7H,3H2,1-2H3. The molecule has 0 atom stereocenters. The maximum atomic E-state index is 13.2. The number of hydrogen-bond donors (Lipinski definition) is 0. The molecule has 0 spiro atoms. The molecule has 0 aliphatic heterocycles. The van der Waals surface area contributed by atoms with Crippen LogP contribution in [0.15, 0.2) is 28.7 Å². The average Bonchev–Trinajstić information content (AvgIpc) is 2.55. The molecule has 0 bridgehead atoms. The second kappa shape index (κ2) is 4.37. The first-order valence-electron chi connectivity index (χ1n) is 5.12. The van der Waals surface area contributed by atoms with E-state index in [1.54, 1.807) is 6.07 Å². The Morgan fingerprint density at radius 1 is 1.44 bits per heavy atom. The summed E-state index contributed by atoms with van der Waals surface area (Å²) in [6.45, 7) is 4.71. The lowest BCUT2D eigenvalue weighted by atomic mass is 10.1. The SMILES string of the molecule is CCn1nc(C)c(Br)c1-c1cccc(F)c1. The number of aromatic nitrogens is 2. The first-order valence-corrected chi connectivity index (χ1v) is 5.91. The predicted octanol–water partition coefficient (Wildman–Crippen LogP) is 3.78. The highest BCUT2D eigenvalue weighted by Crippen LogP contribution is 2.31. The molecular weight excluding hydrogens is 271 g/mol. The molecule has 0 saturated heterocycles. The van der Waals surface area contributed by atoms with Crippen molar-refractivity contribution in [2.24, 2.45) is 0 Å². The molecule has 0 N–H and O–H groups in total. The van der Waals surface area contributed by atoms with Crippen molar-refractivity contribution in [2.75, 3.05) is 0 Å². The molecule has 16 heavy (non-hydrogen) atoms. The van der Waals surface area contributed by atoms with Crippen molar-refractivity contribution in [1.29, 1.82) is 0 Å². The van der Waals surface area contributed by atoms with Crippen molar-refractivity contribution < 1.29 is 4.39 Å². The van der Waals surface area contributed by atoms with Crippen LogP contribution < -0.4 is 0 Å². The van der Waals surface area contributed by atoms with Gasteiger partial charge in [0.25, 0.3) is 0 Å². The van der Waals surface area contributed by atoms with E-state index in [9.17, 15) is 4.39 Å². The quantitative estimate of drug-likeness (QED) is 0.820. The predicted molar refractivity (Wildman–Crippen MR) is 65.7 cm³/mol. The maximum absolute atomic E-state index is 13.2. The second-order valence-electron chi connectivity index (χ2n) is 3.57. The minimum atomic E-state index is -0.231. The minimum Gasteiger partial charge on any atom is -0.264 e. The van der Waals surface area contributed by atoms with E-state index in [1.807, 2.05) is 24.6 Å². The van der Waals surface area contributed by atoms with Crippen LogP contribution in [0.4, 0.5) is 4.39 Å². The van der Waals surface area contributed by atoms with E-state index >= 15 is 0 Å². The van der Waals surface area contributed by atoms with E-state index < -0.39 is 0 Å². The Bertz CT molecular complexity index is 520. The number of rotatable bonds is 2. The molecule has 0 radical (unpaired) electrons. The fraction of sp³-hybridized carbons (Fsp3) is 0.250. The lowest BCUT2D eigenvalue weighted by molar-refractivity contribution is 0.626. The Labute approximate surface area is 102 Å². The summed E-state index contributed by atoms with van der Waals surface area (Å²) in [6, 6.07) is 6.56. The third-order valence-electron chi connectivity index (χ3n) is 2.45. The van der Waals surface area contributed by atoms with Crippen molar-refractivity contribution in [2.45, 2.75) is 20.4 Å². The maximum Gasteiger partial charge on any atom is 0.123 e. The fourth-order valence-electron chi connectivity index (χ4n) is 1.70. The Morgan fingerprint density at radius 2 is 2.19 bits per heavy atom. The number of halogens is 2. The van der Waals surface area contributed by atoms with Crippen molar-refractivity contribution >= 4 is 15.9 Å². The summed E-state index contributed by atoms with van der Waals surface area (Å²) in [5.74, 6) is -0.231. The van der Waals surface area contributed by atoms with Crippen LogP contribution in [0, 0.1) is 12.7 Å². The Balaban J connectivity index is 2.63. The van der Waals surface area contributed by atoms with Crippen molar-refractivity contribution in [1.82, 2.24) is 9.78 Å². The summed E-state index contributed by atoms with van der Waals surface area (Å²) < 4.78 is 16.0. The summed E-state index contributed by atoms with van der Waals surface area (Å²) in [6.07, 6.45) is 0. The van der Waals surface area contributed by atoms with E-state index in [0.29, 0.717) is 0 Å². The minimum absolute atomic E-state index is 0.231. The van der Waals surface area contributed by atoms with Gasteiger partial charge in [0, 0.05) is 12.1 Å². The Kier molecular flexibility index (Phi) is 3.10. The highest BCUT2D eigenvalue weighted by atomic mass is 79.9. The summed E-state index contributed by atoms with van der Waals surface area (Å²) in [5, 5.41) is 4.38. The van der Waals surface area contributed by atoms with Crippen molar-refractivity contribution in [3.05, 3.63) is 40.2 Å². The van der Waals surface area contributed by atoms with E-state index in [0.717, 1.165) is 28.0 Å². The molecular formula is C12H12BrFN2. The van der Waals surface area contributed by atoms with Gasteiger partial charge in [-0.25, -0.2) is 4.39 Å². The third kappa shape index (κ3) is 1.89. The Morgan fingerprint density at radius 3 is 2.81 bits per heavy atom. The molecule has 1 aromatic heterocycles. The zero-order chi connectivity index (χ0) is 11.7. The topological polar surface area (TPSA) is 17.8 Å². The molecule has 1 aromatic carbocycles. The number of aryl methyl sites for hydroxylation is 2. The highest BCUT2D eigenvalue weighted by molar-refractivity contribution is 9.10. The largest absolute Gasteiger partial charge is 0.264 e. The van der Waals surface area contributed by atoms with Crippen LogP contribution in [0.5, 0.6) is 0 Å². The normalized spacial score (nSPS) is 10.8. The summed E-state index contributed by atoms with van der Waals surface area (Å²) in [4.78, 5) is 0. The van der Waals surface area contributed by atoms with Crippen molar-refractivity contribution in [3.63, 3.8) is 0 Å². The van der Waals surface area contributed by atoms with E-state index in [4.69, 9.17) is 0 Å². The molecule has 2 aromatic rings. The van der Waals surface area contributed by atoms with E-state index in [-0.39, 0.29) is 5.82 Å². The summed E-state index contributed by atoms with van der Waals surface area (Å²) in [7, 11) is 0. The lowest BCUT2D eigenvalue weighted by Crippen LogP contribution is -1.99. The van der Waals surface area contributed by atoms with Crippen LogP contribution in [0.25, 0.3) is 11.3 Å². The van der Waals surface area contributed by atoms with Crippen LogP contribution in [0.2, 0.25) is 0 Å². The van der Waals surface area contributed by atoms with Gasteiger partial charge in [0.05, 0.1) is 15.9 Å². The zero-order valence-electron chi connectivity index (χ0n) is 9.17. The zero-order valence-corrected chi connectivity index (χ0v) is 10.8. The number of benzene rings is 1. The first-order chi connectivity index (χ1) is 7.63. The van der Waals surface area contributed by atoms with Crippen LogP contribution in [-0.2, 0) is 6.54 Å². The van der Waals surface area contributed by atoms with Gasteiger partial charge in [0.2, 0.25) is 0 Å². The molecule has 0 fully saturated rings. The van der Waals surface area contributed by atoms with Crippen LogP contribution in [-0.4, -0.2) is 9.78 Å². The van der Waals surface area contributed by atoms with Gasteiger partial charge < -0.3 is 0 Å². The van der Waals surface area contributed by atoms with Gasteiger partial charge in [-0.05, 0) is 41.9 Å². The monoisotopic (exact) mass is 282 g/mol. The van der Waals surface area contributed by atoms with Crippen LogP contribution in [0.1, 0.15) is 12.6 Å². The Hall–Kier alpha value is -1.16. The van der Waals surface area contributed by atoms with Gasteiger partial charge in [-0.1, -0.05) is 12.1 Å². The van der Waals surface area contributed by atoms with E-state index in [1.165, 1.54) is 12.1 Å². The summed E-state index contributed by atoms with van der Waals surface area (Å²) >= 11 is 3.50. The van der Waals surface area contributed by atoms with Gasteiger partial charge in [-0.15, -0.1) is 0 Å². The lowest BCUT2D eigenvalue weighted by Gasteiger charge is -2.05. The molecule has 0 amide bonds. The molecule has 2 nitrogen and oxygen atoms in total. The highest BCUT2D eigenvalue weighted by Gasteiger charge is 2.14. The van der Waals surface area contributed by atoms with Gasteiger partial charge >= 0.3 is 0 Å². The van der Waals surface area contributed by atoms with Gasteiger partial charge in [0.1, 0.15) is 5.82 Å². The van der Waals surface area contributed by atoms with Gasteiger partial charge in [-0.2, -0.15) is 5.10 Å². The molecule has 0 aliphatic carbocycles. The van der Waals surface area contributed by atoms with Crippen LogP contribution >= 0.6 is 15.9 Å². The van der Waals surface area contributed by atoms with Gasteiger partial charge in [-0.3, -0.25) is 4.68 Å². The average molecular weight is 283 g/mol. The molecule has 0 unspecified atom stereocenters. The molecule has 4 heteroatoms.